The van der Waals surface area contributed by atoms with E-state index >= 15 is 0 Å². The Morgan fingerprint density at radius 3 is 2.29 bits per heavy atom. The van der Waals surface area contributed by atoms with Crippen LogP contribution in [0.1, 0.15) is 38.5 Å². The van der Waals surface area contributed by atoms with Gasteiger partial charge in [-0.15, -0.1) is 0 Å². The second-order valence-corrected chi connectivity index (χ2v) is 8.21. The maximum absolute atomic E-state index is 13.9. The standard InChI is InChI=1S/C15H21FN2O2S/c16-13-11-12(17)3-4-14(13)21(19,20)18-9-7-15(8-10-18)5-1-2-6-15/h3-4,11H,1-2,5-10,17H2. The van der Waals surface area contributed by atoms with Gasteiger partial charge in [0, 0.05) is 18.8 Å². The van der Waals surface area contributed by atoms with Crippen molar-refractivity contribution < 1.29 is 12.8 Å². The second-order valence-electron chi connectivity index (χ2n) is 6.30. The molecule has 0 radical (unpaired) electrons. The third-order valence-electron chi connectivity index (χ3n) is 5.02. The summed E-state index contributed by atoms with van der Waals surface area (Å²) in [5.41, 5.74) is 6.05. The summed E-state index contributed by atoms with van der Waals surface area (Å²) >= 11 is 0. The topological polar surface area (TPSA) is 63.4 Å². The normalized spacial score (nSPS) is 22.7. The molecule has 0 aromatic heterocycles. The SMILES string of the molecule is Nc1ccc(S(=O)(=O)N2CCC3(CCCC3)CC2)c(F)c1. The Labute approximate surface area is 125 Å². The van der Waals surface area contributed by atoms with Crippen LogP contribution >= 0.6 is 0 Å². The number of nitrogens with zero attached hydrogens (tertiary/aromatic N) is 1. The van der Waals surface area contributed by atoms with Gasteiger partial charge in [0.1, 0.15) is 10.7 Å². The van der Waals surface area contributed by atoms with E-state index in [1.165, 1.54) is 42.1 Å². The first-order valence-corrected chi connectivity index (χ1v) is 8.92. The van der Waals surface area contributed by atoms with E-state index in [4.69, 9.17) is 5.73 Å². The average Bonchev–Trinajstić information content (AvgIpc) is 2.87. The van der Waals surface area contributed by atoms with Crippen molar-refractivity contribution >= 4 is 15.7 Å². The van der Waals surface area contributed by atoms with Gasteiger partial charge >= 0.3 is 0 Å². The molecule has 1 aliphatic carbocycles. The second kappa shape index (κ2) is 5.25. The Morgan fingerprint density at radius 1 is 1.10 bits per heavy atom. The monoisotopic (exact) mass is 312 g/mol. The molecule has 116 valence electrons. The maximum Gasteiger partial charge on any atom is 0.245 e. The molecule has 0 bridgehead atoms. The Morgan fingerprint density at radius 2 is 1.71 bits per heavy atom. The van der Waals surface area contributed by atoms with E-state index in [0.717, 1.165) is 18.9 Å². The van der Waals surface area contributed by atoms with Gasteiger partial charge in [-0.1, -0.05) is 12.8 Å². The number of nitrogens with two attached hydrogens (primary N) is 1. The molecule has 1 saturated carbocycles. The first-order valence-electron chi connectivity index (χ1n) is 7.48. The quantitative estimate of drug-likeness (QED) is 0.854. The number of benzene rings is 1. The van der Waals surface area contributed by atoms with Crippen LogP contribution < -0.4 is 5.73 Å². The lowest BCUT2D eigenvalue weighted by molar-refractivity contribution is 0.160. The molecule has 1 heterocycles. The molecule has 1 spiro atoms. The van der Waals surface area contributed by atoms with Gasteiger partial charge in [-0.25, -0.2) is 12.8 Å². The van der Waals surface area contributed by atoms with Gasteiger partial charge in [-0.3, -0.25) is 0 Å². The fourth-order valence-electron chi connectivity index (χ4n) is 3.69. The van der Waals surface area contributed by atoms with Crippen molar-refractivity contribution in [1.29, 1.82) is 0 Å². The van der Waals surface area contributed by atoms with E-state index in [1.807, 2.05) is 0 Å². The van der Waals surface area contributed by atoms with E-state index < -0.39 is 15.8 Å². The van der Waals surface area contributed by atoms with Crippen molar-refractivity contribution in [1.82, 2.24) is 4.31 Å². The highest BCUT2D eigenvalue weighted by atomic mass is 32.2. The molecular formula is C15H21FN2O2S. The van der Waals surface area contributed by atoms with Crippen LogP contribution in [0.5, 0.6) is 0 Å². The molecule has 1 aliphatic heterocycles. The molecule has 2 fully saturated rings. The summed E-state index contributed by atoms with van der Waals surface area (Å²) in [7, 11) is -3.75. The van der Waals surface area contributed by atoms with Crippen LogP contribution in [-0.4, -0.2) is 25.8 Å². The molecule has 0 unspecified atom stereocenters. The Bertz CT molecular complexity index is 629. The van der Waals surface area contributed by atoms with E-state index in [-0.39, 0.29) is 10.6 Å². The number of anilines is 1. The summed E-state index contributed by atoms with van der Waals surface area (Å²) in [4.78, 5) is -0.265. The van der Waals surface area contributed by atoms with Crippen LogP contribution in [0.4, 0.5) is 10.1 Å². The van der Waals surface area contributed by atoms with E-state index in [2.05, 4.69) is 0 Å². The summed E-state index contributed by atoms with van der Waals surface area (Å²) in [6.07, 6.45) is 6.69. The molecule has 6 heteroatoms. The fourth-order valence-corrected chi connectivity index (χ4v) is 5.18. The van der Waals surface area contributed by atoms with E-state index in [9.17, 15) is 12.8 Å². The first-order chi connectivity index (χ1) is 9.93. The van der Waals surface area contributed by atoms with E-state index in [0.29, 0.717) is 18.5 Å². The molecule has 3 rings (SSSR count). The van der Waals surface area contributed by atoms with Gasteiger partial charge in [-0.2, -0.15) is 4.31 Å². The average molecular weight is 312 g/mol. The zero-order valence-corrected chi connectivity index (χ0v) is 12.8. The van der Waals surface area contributed by atoms with Gasteiger partial charge in [0.15, 0.2) is 0 Å². The predicted octanol–water partition coefficient (Wildman–Crippen LogP) is 2.75. The van der Waals surface area contributed by atoms with Crippen LogP contribution in [0.2, 0.25) is 0 Å². The highest BCUT2D eigenvalue weighted by Crippen LogP contribution is 2.46. The summed E-state index contributed by atoms with van der Waals surface area (Å²) < 4.78 is 40.5. The van der Waals surface area contributed by atoms with Crippen molar-refractivity contribution in [2.45, 2.75) is 43.4 Å². The molecule has 21 heavy (non-hydrogen) atoms. The molecule has 0 amide bonds. The van der Waals surface area contributed by atoms with Crippen LogP contribution in [-0.2, 0) is 10.0 Å². The van der Waals surface area contributed by atoms with Crippen LogP contribution in [0, 0.1) is 11.2 Å². The number of rotatable bonds is 2. The molecule has 1 aromatic carbocycles. The minimum Gasteiger partial charge on any atom is -0.399 e. The molecule has 2 N–H and O–H groups in total. The van der Waals surface area contributed by atoms with Crippen molar-refractivity contribution in [3.05, 3.63) is 24.0 Å². The van der Waals surface area contributed by atoms with Crippen molar-refractivity contribution in [3.63, 3.8) is 0 Å². The number of hydrogen-bond donors (Lipinski definition) is 1. The third kappa shape index (κ3) is 2.66. The number of halogens is 1. The van der Waals surface area contributed by atoms with Gasteiger partial charge in [0.05, 0.1) is 0 Å². The summed E-state index contributed by atoms with van der Waals surface area (Å²) in [5, 5.41) is 0. The largest absolute Gasteiger partial charge is 0.399 e. The molecule has 0 atom stereocenters. The van der Waals surface area contributed by atoms with Crippen LogP contribution in [0.25, 0.3) is 0 Å². The summed E-state index contributed by atoms with van der Waals surface area (Å²) in [5.74, 6) is -0.767. The van der Waals surface area contributed by atoms with E-state index in [1.54, 1.807) is 0 Å². The lowest BCUT2D eigenvalue weighted by Crippen LogP contribution is -2.42. The van der Waals surface area contributed by atoms with Crippen molar-refractivity contribution in [2.24, 2.45) is 5.41 Å². The van der Waals surface area contributed by atoms with Gasteiger partial charge in [0.2, 0.25) is 10.0 Å². The van der Waals surface area contributed by atoms with Gasteiger partial charge in [0.25, 0.3) is 0 Å². The fraction of sp³-hybridized carbons (Fsp3) is 0.600. The first kappa shape index (κ1) is 14.8. The summed E-state index contributed by atoms with van der Waals surface area (Å²) in [6.45, 7) is 0.984. The van der Waals surface area contributed by atoms with Crippen molar-refractivity contribution in [2.75, 3.05) is 18.8 Å². The highest BCUT2D eigenvalue weighted by Gasteiger charge is 2.40. The minimum absolute atomic E-state index is 0.231. The minimum atomic E-state index is -3.75. The Balaban J connectivity index is 1.80. The van der Waals surface area contributed by atoms with Crippen LogP contribution in [0.15, 0.2) is 23.1 Å². The summed E-state index contributed by atoms with van der Waals surface area (Å²) in [6, 6.07) is 3.76. The molecule has 2 aliphatic rings. The van der Waals surface area contributed by atoms with Crippen molar-refractivity contribution in [3.8, 4) is 0 Å². The smallest absolute Gasteiger partial charge is 0.245 e. The zero-order chi connectivity index (χ0) is 15.1. The molecule has 1 saturated heterocycles. The maximum atomic E-state index is 13.9. The molecule has 4 nitrogen and oxygen atoms in total. The lowest BCUT2D eigenvalue weighted by Gasteiger charge is -2.38. The number of sulfonamides is 1. The zero-order valence-electron chi connectivity index (χ0n) is 12.0. The highest BCUT2D eigenvalue weighted by molar-refractivity contribution is 7.89. The number of nitrogen functional groups attached to an aromatic ring is 1. The Hall–Kier alpha value is -1.14. The molecular weight excluding hydrogens is 291 g/mol. The molecule has 1 aromatic rings. The lowest BCUT2D eigenvalue weighted by atomic mass is 9.78. The Kier molecular flexibility index (Phi) is 3.69. The third-order valence-corrected chi connectivity index (χ3v) is 6.95. The van der Waals surface area contributed by atoms with Crippen LogP contribution in [0.3, 0.4) is 0 Å². The number of hydrogen-bond acceptors (Lipinski definition) is 3. The van der Waals surface area contributed by atoms with Gasteiger partial charge < -0.3 is 5.73 Å². The predicted molar refractivity (Wildman–Crippen MR) is 79.7 cm³/mol. The van der Waals surface area contributed by atoms with Gasteiger partial charge in [-0.05, 0) is 49.3 Å². The number of piperidine rings is 1.